The van der Waals surface area contributed by atoms with Gasteiger partial charge >= 0.3 is 5.97 Å². The fourth-order valence-corrected chi connectivity index (χ4v) is 4.15. The number of hydrogen-bond acceptors (Lipinski definition) is 6. The summed E-state index contributed by atoms with van der Waals surface area (Å²) < 4.78 is 0. The third kappa shape index (κ3) is 6.67. The van der Waals surface area contributed by atoms with Crippen molar-refractivity contribution in [1.82, 2.24) is 19.9 Å². The van der Waals surface area contributed by atoms with Gasteiger partial charge in [0.05, 0.1) is 16.8 Å². The summed E-state index contributed by atoms with van der Waals surface area (Å²) in [5, 5.41) is 10.8. The maximum Gasteiger partial charge on any atom is 0.323 e. The fourth-order valence-electron chi connectivity index (χ4n) is 4.15. The number of pyridine rings is 2. The molecule has 0 fully saturated rings. The van der Waals surface area contributed by atoms with Crippen LogP contribution in [0.1, 0.15) is 45.7 Å². The molecule has 2 amide bonds. The van der Waals surface area contributed by atoms with Gasteiger partial charge in [-0.2, -0.15) is 0 Å². The molecular weight excluding hydrogens is 506 g/mol. The maximum absolute atomic E-state index is 12.8. The first-order valence-corrected chi connectivity index (χ1v) is 12.6. The number of nitrogens with two attached hydrogens (primary N) is 1. The van der Waals surface area contributed by atoms with E-state index in [4.69, 9.17) is 10.9 Å². The van der Waals surface area contributed by atoms with Crippen molar-refractivity contribution in [2.75, 3.05) is 20.1 Å². The van der Waals surface area contributed by atoms with Crippen LogP contribution < -0.4 is 5.84 Å². The van der Waals surface area contributed by atoms with Crippen LogP contribution in [0.4, 0.5) is 0 Å². The average molecular weight is 536 g/mol. The number of aromatic nitrogens is 2. The van der Waals surface area contributed by atoms with Gasteiger partial charge in [-0.15, -0.1) is 0 Å². The summed E-state index contributed by atoms with van der Waals surface area (Å²) in [6, 6.07) is 17.7. The van der Waals surface area contributed by atoms with Crippen molar-refractivity contribution in [3.63, 3.8) is 0 Å². The van der Waals surface area contributed by atoms with E-state index >= 15 is 0 Å². The first-order valence-electron chi connectivity index (χ1n) is 12.6. The minimum Gasteiger partial charge on any atom is -0.480 e. The van der Waals surface area contributed by atoms with Crippen molar-refractivity contribution in [3.8, 4) is 23.1 Å². The number of hydrogen-bond donors (Lipinski definition) is 2. The van der Waals surface area contributed by atoms with Crippen LogP contribution in [0.3, 0.4) is 0 Å². The average Bonchev–Trinajstić information content (AvgIpc) is 2.94. The van der Waals surface area contributed by atoms with Gasteiger partial charge in [0.25, 0.3) is 11.8 Å². The standard InChI is InChI=1S/C31H29N5O4/c1-20(2)18-36(19-29(37)38)30(39)24-12-8-22(9-13-24)5-4-21-6-10-23(11-7-21)28-16-25(31(40)35(3)32)26-17-33-15-14-27(26)34-28/h6-17,20H,18-19,32H2,1-3H3,(H,37,38). The van der Waals surface area contributed by atoms with Crippen LogP contribution in [0.5, 0.6) is 0 Å². The number of carbonyl (C=O) groups excluding carboxylic acids is 2. The summed E-state index contributed by atoms with van der Waals surface area (Å²) in [7, 11) is 1.49. The predicted octanol–water partition coefficient (Wildman–Crippen LogP) is 3.83. The summed E-state index contributed by atoms with van der Waals surface area (Å²) in [5.74, 6) is 10.3. The second-order valence-electron chi connectivity index (χ2n) is 9.74. The van der Waals surface area contributed by atoms with Gasteiger partial charge in [-0.1, -0.05) is 37.8 Å². The number of hydrazine groups is 1. The van der Waals surface area contributed by atoms with E-state index in [1.165, 1.54) is 11.9 Å². The molecule has 0 radical (unpaired) electrons. The molecule has 40 heavy (non-hydrogen) atoms. The van der Waals surface area contributed by atoms with Gasteiger partial charge in [0.15, 0.2) is 0 Å². The first kappa shape index (κ1) is 28.0. The summed E-state index contributed by atoms with van der Waals surface area (Å²) in [5.41, 5.74) is 4.39. The lowest BCUT2D eigenvalue weighted by Gasteiger charge is -2.22. The highest BCUT2D eigenvalue weighted by atomic mass is 16.4. The lowest BCUT2D eigenvalue weighted by Crippen LogP contribution is -2.38. The van der Waals surface area contributed by atoms with E-state index in [2.05, 4.69) is 21.8 Å². The van der Waals surface area contributed by atoms with E-state index in [-0.39, 0.29) is 24.3 Å². The largest absolute Gasteiger partial charge is 0.480 e. The fraction of sp³-hybridized carbons (Fsp3) is 0.194. The van der Waals surface area contributed by atoms with Gasteiger partial charge in [-0.3, -0.25) is 24.4 Å². The zero-order valence-electron chi connectivity index (χ0n) is 22.5. The molecule has 0 saturated heterocycles. The molecule has 0 atom stereocenters. The zero-order valence-corrected chi connectivity index (χ0v) is 22.5. The van der Waals surface area contributed by atoms with Crippen molar-refractivity contribution in [2.24, 2.45) is 11.8 Å². The minimum absolute atomic E-state index is 0.145. The van der Waals surface area contributed by atoms with Crippen LogP contribution in [-0.4, -0.2) is 62.9 Å². The van der Waals surface area contributed by atoms with E-state index in [1.807, 2.05) is 38.1 Å². The highest BCUT2D eigenvalue weighted by molar-refractivity contribution is 6.06. The molecule has 3 N–H and O–H groups in total. The summed E-state index contributed by atoms with van der Waals surface area (Å²) in [6.07, 6.45) is 3.22. The maximum atomic E-state index is 12.8. The Morgan fingerprint density at radius 1 is 0.950 bits per heavy atom. The molecule has 9 heteroatoms. The highest BCUT2D eigenvalue weighted by Crippen LogP contribution is 2.25. The first-order chi connectivity index (χ1) is 19.1. The Balaban J connectivity index is 1.53. The van der Waals surface area contributed by atoms with E-state index in [0.717, 1.165) is 16.1 Å². The van der Waals surface area contributed by atoms with Gasteiger partial charge in [0, 0.05) is 53.6 Å². The smallest absolute Gasteiger partial charge is 0.323 e. The lowest BCUT2D eigenvalue weighted by molar-refractivity contribution is -0.137. The van der Waals surface area contributed by atoms with Gasteiger partial charge in [-0.25, -0.2) is 10.8 Å². The normalized spacial score (nSPS) is 10.6. The number of benzene rings is 2. The quantitative estimate of drug-likeness (QED) is 0.159. The van der Waals surface area contributed by atoms with Crippen molar-refractivity contribution in [3.05, 3.63) is 95.3 Å². The summed E-state index contributed by atoms with van der Waals surface area (Å²) >= 11 is 0. The SMILES string of the molecule is CC(C)CN(CC(=O)O)C(=O)c1ccc(C#Cc2ccc(-c3cc(C(=O)N(C)N)c4cnccc4n3)cc2)cc1. The van der Waals surface area contributed by atoms with Crippen LogP contribution in [0.25, 0.3) is 22.2 Å². The predicted molar refractivity (Wildman–Crippen MR) is 152 cm³/mol. The Kier molecular flexibility index (Phi) is 8.52. The van der Waals surface area contributed by atoms with Crippen LogP contribution in [-0.2, 0) is 4.79 Å². The molecule has 4 rings (SSSR count). The summed E-state index contributed by atoms with van der Waals surface area (Å²) in [4.78, 5) is 46.8. The molecule has 0 unspecified atom stereocenters. The number of carboxylic acids is 1. The Bertz CT molecular complexity index is 1620. The number of carboxylic acid groups (broad SMARTS) is 1. The Hall–Kier alpha value is -5.07. The molecule has 2 aromatic heterocycles. The van der Waals surface area contributed by atoms with Crippen LogP contribution >= 0.6 is 0 Å². The van der Waals surface area contributed by atoms with Gasteiger partial charge < -0.3 is 10.0 Å². The topological polar surface area (TPSA) is 130 Å². The second-order valence-corrected chi connectivity index (χ2v) is 9.74. The Labute approximate surface area is 232 Å². The molecule has 0 saturated carbocycles. The van der Waals surface area contributed by atoms with Crippen LogP contribution in [0, 0.1) is 17.8 Å². The van der Waals surface area contributed by atoms with E-state index in [9.17, 15) is 14.4 Å². The van der Waals surface area contributed by atoms with Crippen molar-refractivity contribution in [1.29, 1.82) is 0 Å². The highest BCUT2D eigenvalue weighted by Gasteiger charge is 2.19. The molecule has 9 nitrogen and oxygen atoms in total. The van der Waals surface area contributed by atoms with E-state index in [1.54, 1.807) is 48.8 Å². The monoisotopic (exact) mass is 535 g/mol. The number of amides is 2. The Morgan fingerprint density at radius 2 is 1.57 bits per heavy atom. The number of carbonyl (C=O) groups is 3. The molecule has 0 aliphatic heterocycles. The summed E-state index contributed by atoms with van der Waals surface area (Å²) in [6.45, 7) is 3.88. The van der Waals surface area contributed by atoms with E-state index in [0.29, 0.717) is 39.8 Å². The van der Waals surface area contributed by atoms with Gasteiger partial charge in [-0.05, 0) is 54.4 Å². The minimum atomic E-state index is -1.05. The van der Waals surface area contributed by atoms with Crippen molar-refractivity contribution >= 4 is 28.7 Å². The van der Waals surface area contributed by atoms with Gasteiger partial charge in [0.2, 0.25) is 0 Å². The molecule has 0 spiro atoms. The number of aliphatic carboxylic acids is 1. The lowest BCUT2D eigenvalue weighted by atomic mass is 10.0. The van der Waals surface area contributed by atoms with Crippen LogP contribution in [0.2, 0.25) is 0 Å². The van der Waals surface area contributed by atoms with Crippen LogP contribution in [0.15, 0.2) is 73.1 Å². The molecule has 2 aromatic carbocycles. The molecule has 202 valence electrons. The third-order valence-corrected chi connectivity index (χ3v) is 6.02. The third-order valence-electron chi connectivity index (χ3n) is 6.02. The zero-order chi connectivity index (χ0) is 28.8. The molecule has 0 aliphatic carbocycles. The molecular formula is C31H29N5O4. The van der Waals surface area contributed by atoms with Gasteiger partial charge in [0.1, 0.15) is 6.54 Å². The number of fused-ring (bicyclic) bond motifs is 1. The number of rotatable bonds is 7. The molecule has 2 heterocycles. The number of nitrogens with zero attached hydrogens (tertiary/aromatic N) is 4. The van der Waals surface area contributed by atoms with Crippen molar-refractivity contribution in [2.45, 2.75) is 13.8 Å². The van der Waals surface area contributed by atoms with E-state index < -0.39 is 5.97 Å². The van der Waals surface area contributed by atoms with Crippen molar-refractivity contribution < 1.29 is 19.5 Å². The molecule has 0 bridgehead atoms. The second kappa shape index (κ2) is 12.2. The molecule has 4 aromatic rings. The molecule has 0 aliphatic rings. The Morgan fingerprint density at radius 3 is 2.15 bits per heavy atom.